The fourth-order valence-corrected chi connectivity index (χ4v) is 7.40. The van der Waals surface area contributed by atoms with E-state index >= 15 is 0 Å². The lowest BCUT2D eigenvalue weighted by Crippen LogP contribution is -2.63. The van der Waals surface area contributed by atoms with E-state index in [-0.39, 0.29) is 22.0 Å². The van der Waals surface area contributed by atoms with Crippen LogP contribution in [0.4, 0.5) is 0 Å². The minimum absolute atomic E-state index is 0.236. The Morgan fingerprint density at radius 1 is 1.14 bits per heavy atom. The fourth-order valence-electron chi connectivity index (χ4n) is 6.94. The highest BCUT2D eigenvalue weighted by molar-refractivity contribution is 7.85. The lowest BCUT2D eigenvalue weighted by Gasteiger charge is -2.65. The molecule has 29 heavy (non-hydrogen) atoms. The Morgan fingerprint density at radius 3 is 2.17 bits per heavy atom. The molecule has 0 radical (unpaired) electrons. The number of aliphatic hydroxyl groups is 1. The zero-order valence-electron chi connectivity index (χ0n) is 17.0. The van der Waals surface area contributed by atoms with Crippen LogP contribution in [0.15, 0.2) is 29.2 Å². The van der Waals surface area contributed by atoms with Crippen molar-refractivity contribution in [1.29, 1.82) is 0 Å². The van der Waals surface area contributed by atoms with Crippen molar-refractivity contribution in [3.05, 3.63) is 24.3 Å². The van der Waals surface area contributed by atoms with Crippen LogP contribution in [0.3, 0.4) is 0 Å². The molecule has 4 fully saturated rings. The van der Waals surface area contributed by atoms with Crippen molar-refractivity contribution in [2.24, 2.45) is 22.7 Å². The molecule has 4 saturated carbocycles. The summed E-state index contributed by atoms with van der Waals surface area (Å²) in [6, 6.07) is 5.04. The summed E-state index contributed by atoms with van der Waals surface area (Å²) in [6.45, 7) is 4.05. The molecule has 0 heterocycles. The van der Waals surface area contributed by atoms with Gasteiger partial charge in [-0.15, -0.1) is 0 Å². The lowest BCUT2D eigenvalue weighted by molar-refractivity contribution is -0.215. The number of carbonyl (C=O) groups is 1. The molecule has 4 bridgehead atoms. The first-order chi connectivity index (χ1) is 13.5. The first-order valence-corrected chi connectivity index (χ1v) is 12.0. The number of carbonyl (C=O) groups excluding carboxylic acids is 1. The Labute approximate surface area is 172 Å². The second-order valence-electron chi connectivity index (χ2n) is 9.58. The second kappa shape index (κ2) is 6.79. The molecule has 5 rings (SSSR count). The maximum absolute atomic E-state index is 13.3. The van der Waals surface area contributed by atoms with Gasteiger partial charge in [-0.3, -0.25) is 4.79 Å². The smallest absolute Gasteiger partial charge is 0.317 e. The third kappa shape index (κ3) is 3.31. The van der Waals surface area contributed by atoms with Crippen molar-refractivity contribution in [1.82, 2.24) is 0 Å². The van der Waals surface area contributed by atoms with Crippen molar-refractivity contribution < 1.29 is 27.6 Å². The van der Waals surface area contributed by atoms with E-state index in [0.717, 1.165) is 32.1 Å². The van der Waals surface area contributed by atoms with Crippen molar-refractivity contribution >= 4 is 16.1 Å². The van der Waals surface area contributed by atoms with Crippen LogP contribution in [0.1, 0.15) is 65.2 Å². The third-order valence-corrected chi connectivity index (χ3v) is 8.82. The topological polar surface area (TPSA) is 104 Å². The van der Waals surface area contributed by atoms with Gasteiger partial charge in [0, 0.05) is 5.41 Å². The van der Waals surface area contributed by atoms with Crippen molar-refractivity contribution in [3.8, 4) is 5.75 Å². The Bertz CT molecular complexity index is 886. The number of ether oxygens (including phenoxy) is 1. The van der Waals surface area contributed by atoms with Crippen LogP contribution in [0.5, 0.6) is 5.75 Å². The number of rotatable bonds is 6. The molecule has 1 aromatic rings. The van der Waals surface area contributed by atoms with Crippen molar-refractivity contribution in [2.45, 2.75) is 75.7 Å². The average molecular weight is 422 g/mol. The highest BCUT2D eigenvalue weighted by Crippen LogP contribution is 2.69. The molecule has 4 aliphatic rings. The van der Waals surface area contributed by atoms with Crippen molar-refractivity contribution in [2.75, 3.05) is 0 Å². The van der Waals surface area contributed by atoms with Gasteiger partial charge in [-0.05, 0) is 87.5 Å². The maximum Gasteiger partial charge on any atom is 0.317 e. The molecule has 0 aromatic heterocycles. The molecule has 4 aliphatic carbocycles. The molecule has 0 saturated heterocycles. The molecule has 1 N–H and O–H groups in total. The molecule has 6 nitrogen and oxygen atoms in total. The number of hydrogen-bond donors (Lipinski definition) is 1. The Hall–Kier alpha value is -1.44. The van der Waals surface area contributed by atoms with Gasteiger partial charge < -0.3 is 14.4 Å². The summed E-state index contributed by atoms with van der Waals surface area (Å²) in [4.78, 5) is 13.0. The predicted octanol–water partition coefficient (Wildman–Crippen LogP) is 3.63. The van der Waals surface area contributed by atoms with Gasteiger partial charge in [0.1, 0.15) is 15.9 Å². The van der Waals surface area contributed by atoms with E-state index in [4.69, 9.17) is 4.74 Å². The number of benzene rings is 1. The summed E-state index contributed by atoms with van der Waals surface area (Å²) in [5.41, 5.74) is -1.59. The summed E-state index contributed by atoms with van der Waals surface area (Å²) < 4.78 is 39.0. The normalized spacial score (nSPS) is 33.7. The highest BCUT2D eigenvalue weighted by Gasteiger charge is 2.66. The van der Waals surface area contributed by atoms with Crippen molar-refractivity contribution in [3.63, 3.8) is 0 Å². The van der Waals surface area contributed by atoms with Gasteiger partial charge >= 0.3 is 5.97 Å². The van der Waals surface area contributed by atoms with Gasteiger partial charge in [0.2, 0.25) is 0 Å². The van der Waals surface area contributed by atoms with Crippen LogP contribution in [-0.4, -0.2) is 29.6 Å². The summed E-state index contributed by atoms with van der Waals surface area (Å²) in [5, 5.41) is 11.4. The van der Waals surface area contributed by atoms with Crippen LogP contribution >= 0.6 is 0 Å². The second-order valence-corrected chi connectivity index (χ2v) is 11.0. The Morgan fingerprint density at radius 2 is 1.69 bits per heavy atom. The first kappa shape index (κ1) is 20.8. The summed E-state index contributed by atoms with van der Waals surface area (Å²) in [5.74, 6) is 0.819. The maximum atomic E-state index is 13.3. The Kier molecular flexibility index (Phi) is 4.87. The van der Waals surface area contributed by atoms with Gasteiger partial charge in [-0.2, -0.15) is 0 Å². The van der Waals surface area contributed by atoms with E-state index < -0.39 is 21.1 Å². The first-order valence-electron chi connectivity index (χ1n) is 10.6. The zero-order chi connectivity index (χ0) is 21.1. The van der Waals surface area contributed by atoms with E-state index in [1.165, 1.54) is 24.3 Å². The monoisotopic (exact) mass is 421 g/mol. The average Bonchev–Trinajstić information content (AvgIpc) is 2.66. The summed E-state index contributed by atoms with van der Waals surface area (Å²) in [6.07, 6.45) is 6.67. The van der Waals surface area contributed by atoms with Gasteiger partial charge in [-0.1, -0.05) is 13.8 Å². The molecule has 0 spiro atoms. The van der Waals surface area contributed by atoms with Gasteiger partial charge in [0.15, 0.2) is 0 Å². The number of hydrogen-bond acceptors (Lipinski definition) is 6. The number of esters is 1. The molecular weight excluding hydrogens is 392 g/mol. The van der Waals surface area contributed by atoms with Gasteiger partial charge in [-0.25, -0.2) is 8.42 Å². The molecule has 0 amide bonds. The van der Waals surface area contributed by atoms with Crippen LogP contribution < -0.4 is 4.74 Å². The van der Waals surface area contributed by atoms with Gasteiger partial charge in [0.25, 0.3) is 0 Å². The minimum atomic E-state index is -4.53. The fraction of sp³-hybridized carbons (Fsp3) is 0.682. The molecule has 160 valence electrons. The zero-order valence-corrected chi connectivity index (χ0v) is 17.8. The van der Waals surface area contributed by atoms with Crippen LogP contribution in [-0.2, 0) is 14.9 Å². The summed E-state index contributed by atoms with van der Waals surface area (Å²) >= 11 is 0. The Balaban J connectivity index is 1.60. The minimum Gasteiger partial charge on any atom is -0.744 e. The van der Waals surface area contributed by atoms with Crippen LogP contribution in [0.2, 0.25) is 0 Å². The van der Waals surface area contributed by atoms with Crippen LogP contribution in [0.25, 0.3) is 0 Å². The van der Waals surface area contributed by atoms with Crippen LogP contribution in [0, 0.1) is 22.7 Å². The third-order valence-electron chi connectivity index (χ3n) is 7.97. The quantitative estimate of drug-likeness (QED) is 0.427. The molecule has 1 aromatic carbocycles. The molecule has 2 unspecified atom stereocenters. The molecular formula is C22H29O6S-. The lowest BCUT2D eigenvalue weighted by atomic mass is 9.40. The van der Waals surface area contributed by atoms with E-state index in [2.05, 4.69) is 0 Å². The van der Waals surface area contributed by atoms with E-state index in [1.807, 2.05) is 13.8 Å². The van der Waals surface area contributed by atoms with Gasteiger partial charge in [0.05, 0.1) is 15.9 Å². The highest BCUT2D eigenvalue weighted by atomic mass is 32.2. The molecule has 2 atom stereocenters. The predicted molar refractivity (Wildman–Crippen MR) is 105 cm³/mol. The van der Waals surface area contributed by atoms with E-state index in [1.54, 1.807) is 0 Å². The SMILES string of the molecule is CCC(O)(CC)C12CC3CC(CC(C(=O)Oc4ccc(S(=O)(=O)[O-])cc4)(C3)C1)C2. The van der Waals surface area contributed by atoms with E-state index in [9.17, 15) is 22.9 Å². The summed E-state index contributed by atoms with van der Waals surface area (Å²) in [7, 11) is -4.53. The standard InChI is InChI=1S/C22H30O6S/c1-3-22(24,4-2)21-12-15-9-16(13-21)11-20(10-15,14-21)19(23)28-17-5-7-18(8-6-17)29(25,26)27/h5-8,15-16,24H,3-4,9-14H2,1-2H3,(H,25,26,27)/p-1. The largest absolute Gasteiger partial charge is 0.744 e. The molecule has 7 heteroatoms. The molecule has 0 aliphatic heterocycles. The van der Waals surface area contributed by atoms with E-state index in [0.29, 0.717) is 31.1 Å².